The third-order valence-electron chi connectivity index (χ3n) is 6.05. The normalized spacial score (nSPS) is 17.8. The third kappa shape index (κ3) is 6.38. The van der Waals surface area contributed by atoms with Crippen LogP contribution >= 0.6 is 11.6 Å². The predicted octanol–water partition coefficient (Wildman–Crippen LogP) is 3.63. The molecule has 2 heterocycles. The zero-order chi connectivity index (χ0) is 25.0. The fourth-order valence-corrected chi connectivity index (χ4v) is 4.63. The molecule has 8 nitrogen and oxygen atoms in total. The topological polar surface area (TPSA) is 117 Å². The maximum atomic E-state index is 13.3. The number of halogens is 1. The zero-order valence-corrected chi connectivity index (χ0v) is 20.8. The molecule has 34 heavy (non-hydrogen) atoms. The Labute approximate surface area is 204 Å². The van der Waals surface area contributed by atoms with Crippen LogP contribution in [0, 0.1) is 17.3 Å². The number of Topliss-reactive ketones (excluding diaryl/α,β-unsaturated/α-hetero) is 1. The number of nitrogens with one attached hydrogen (secondary N) is 3. The average molecular weight is 490 g/mol. The van der Waals surface area contributed by atoms with E-state index in [-0.39, 0.29) is 35.9 Å². The number of rotatable bonds is 9. The minimum atomic E-state index is -0.962. The third-order valence-corrected chi connectivity index (χ3v) is 6.37. The van der Waals surface area contributed by atoms with Gasteiger partial charge in [-0.05, 0) is 36.8 Å². The summed E-state index contributed by atoms with van der Waals surface area (Å²) < 4.78 is 4.86. The number of methoxy groups -OCH3 is 1. The molecule has 3 rings (SSSR count). The minimum Gasteiger partial charge on any atom is -0.467 e. The molecule has 1 fully saturated rings. The summed E-state index contributed by atoms with van der Waals surface area (Å²) in [6, 6.07) is 6.16. The molecule has 9 heteroatoms. The lowest BCUT2D eigenvalue weighted by Crippen LogP contribution is -2.46. The Morgan fingerprint density at radius 2 is 2.00 bits per heavy atom. The second kappa shape index (κ2) is 10.6. The molecule has 2 amide bonds. The summed E-state index contributed by atoms with van der Waals surface area (Å²) >= 11 is 6.22. The van der Waals surface area contributed by atoms with Crippen LogP contribution in [0.15, 0.2) is 24.3 Å². The van der Waals surface area contributed by atoms with Gasteiger partial charge in [-0.2, -0.15) is 0 Å². The van der Waals surface area contributed by atoms with Crippen LogP contribution in [0.25, 0.3) is 10.9 Å². The van der Waals surface area contributed by atoms with E-state index in [2.05, 4.69) is 15.6 Å². The van der Waals surface area contributed by atoms with Crippen LogP contribution in [0.3, 0.4) is 0 Å². The Balaban J connectivity index is 1.78. The Morgan fingerprint density at radius 3 is 2.59 bits per heavy atom. The van der Waals surface area contributed by atoms with Gasteiger partial charge in [-0.1, -0.05) is 44.5 Å². The van der Waals surface area contributed by atoms with Gasteiger partial charge in [-0.15, -0.1) is 0 Å². The molecule has 2 aromatic rings. The van der Waals surface area contributed by atoms with Crippen molar-refractivity contribution in [2.24, 2.45) is 17.3 Å². The van der Waals surface area contributed by atoms with E-state index >= 15 is 0 Å². The van der Waals surface area contributed by atoms with E-state index in [4.69, 9.17) is 16.3 Å². The van der Waals surface area contributed by atoms with Gasteiger partial charge in [0, 0.05) is 30.2 Å². The highest BCUT2D eigenvalue weighted by atomic mass is 35.5. The van der Waals surface area contributed by atoms with Crippen molar-refractivity contribution < 1.29 is 23.9 Å². The van der Waals surface area contributed by atoms with E-state index in [1.807, 2.05) is 26.8 Å². The number of hydrogen-bond donors (Lipinski definition) is 3. The van der Waals surface area contributed by atoms with Crippen LogP contribution < -0.4 is 10.6 Å². The Hall–Kier alpha value is -2.87. The second-order valence-electron chi connectivity index (χ2n) is 10.1. The molecule has 1 saturated heterocycles. The van der Waals surface area contributed by atoms with Crippen molar-refractivity contribution in [1.29, 1.82) is 0 Å². The first-order valence-electron chi connectivity index (χ1n) is 11.4. The molecule has 0 saturated carbocycles. The van der Waals surface area contributed by atoms with Crippen molar-refractivity contribution in [2.75, 3.05) is 13.7 Å². The molecule has 184 valence electrons. The van der Waals surface area contributed by atoms with Gasteiger partial charge in [-0.25, -0.2) is 4.79 Å². The number of H-pyrrole nitrogens is 1. The Bertz CT molecular complexity index is 1090. The summed E-state index contributed by atoms with van der Waals surface area (Å²) in [4.78, 5) is 53.8. The van der Waals surface area contributed by atoms with Gasteiger partial charge in [0.1, 0.15) is 6.04 Å². The molecule has 1 aliphatic rings. The van der Waals surface area contributed by atoms with E-state index < -0.39 is 23.8 Å². The highest BCUT2D eigenvalue weighted by Gasteiger charge is 2.35. The maximum absolute atomic E-state index is 13.3. The summed E-state index contributed by atoms with van der Waals surface area (Å²) in [7, 11) is 1.24. The van der Waals surface area contributed by atoms with Crippen LogP contribution in [0.2, 0.25) is 5.02 Å². The number of ether oxygens (including phenoxy) is 1. The van der Waals surface area contributed by atoms with Crippen molar-refractivity contribution in [3.63, 3.8) is 0 Å². The number of ketones is 1. The molecule has 1 aromatic carbocycles. The zero-order valence-electron chi connectivity index (χ0n) is 20.0. The quantitative estimate of drug-likeness (QED) is 0.367. The predicted molar refractivity (Wildman–Crippen MR) is 129 cm³/mol. The van der Waals surface area contributed by atoms with Gasteiger partial charge in [-0.3, -0.25) is 14.4 Å². The summed E-state index contributed by atoms with van der Waals surface area (Å²) in [5.74, 6) is -2.42. The smallest absolute Gasteiger partial charge is 0.328 e. The van der Waals surface area contributed by atoms with Crippen molar-refractivity contribution in [3.05, 3.63) is 35.0 Å². The fourth-order valence-electron chi connectivity index (χ4n) is 4.40. The van der Waals surface area contributed by atoms with E-state index in [9.17, 15) is 19.2 Å². The first-order chi connectivity index (χ1) is 16.0. The van der Waals surface area contributed by atoms with Crippen LogP contribution in [-0.2, 0) is 19.1 Å². The molecule has 3 N–H and O–H groups in total. The minimum absolute atomic E-state index is 0.0364. The van der Waals surface area contributed by atoms with Gasteiger partial charge < -0.3 is 20.4 Å². The molecule has 1 aromatic heterocycles. The highest BCUT2D eigenvalue weighted by Crippen LogP contribution is 2.29. The second-order valence-corrected chi connectivity index (χ2v) is 10.5. The molecular weight excluding hydrogens is 458 g/mol. The largest absolute Gasteiger partial charge is 0.467 e. The lowest BCUT2D eigenvalue weighted by Gasteiger charge is -2.27. The Morgan fingerprint density at radius 1 is 1.26 bits per heavy atom. The SMILES string of the molecule is COC(=O)[C@H](C[C@@H]1CCNC1=O)NC(=O)[C@@H](CC(=O)c1cc2cccc(Cl)c2[nH]1)CC(C)(C)C. The van der Waals surface area contributed by atoms with Gasteiger partial charge >= 0.3 is 5.97 Å². The number of hydrogen-bond acceptors (Lipinski definition) is 5. The number of aromatic amines is 1. The summed E-state index contributed by atoms with van der Waals surface area (Å²) in [5, 5.41) is 6.81. The van der Waals surface area contributed by atoms with Crippen LogP contribution in [0.5, 0.6) is 0 Å². The van der Waals surface area contributed by atoms with Crippen molar-refractivity contribution in [3.8, 4) is 0 Å². The number of carbonyl (C=O) groups excluding carboxylic acids is 4. The van der Waals surface area contributed by atoms with E-state index in [1.54, 1.807) is 18.2 Å². The summed E-state index contributed by atoms with van der Waals surface area (Å²) in [6.07, 6.45) is 1.14. The fraction of sp³-hybridized carbons (Fsp3) is 0.520. The summed E-state index contributed by atoms with van der Waals surface area (Å²) in [6.45, 7) is 6.50. The Kier molecular flexibility index (Phi) is 8.02. The number of carbonyl (C=O) groups is 4. The highest BCUT2D eigenvalue weighted by molar-refractivity contribution is 6.35. The van der Waals surface area contributed by atoms with Crippen LogP contribution in [0.4, 0.5) is 0 Å². The summed E-state index contributed by atoms with van der Waals surface area (Å²) in [5.41, 5.74) is 0.810. The first kappa shape index (κ1) is 25.7. The molecule has 0 bridgehead atoms. The standard InChI is InChI=1S/C25H32ClN3O5/c1-25(2,3)13-16(12-20(30)18-10-14-6-5-7-17(26)21(14)28-18)23(32)29-19(24(33)34-4)11-15-8-9-27-22(15)31/h5-7,10,15-16,19,28H,8-9,11-13H2,1-4H3,(H,27,31)(H,29,32)/t15-,16-,19-/m0/s1. The van der Waals surface area contributed by atoms with Gasteiger partial charge in [0.15, 0.2) is 5.78 Å². The average Bonchev–Trinajstić information content (AvgIpc) is 3.38. The lowest BCUT2D eigenvalue weighted by molar-refractivity contribution is -0.146. The van der Waals surface area contributed by atoms with Crippen molar-refractivity contribution in [1.82, 2.24) is 15.6 Å². The number of aromatic nitrogens is 1. The monoisotopic (exact) mass is 489 g/mol. The van der Waals surface area contributed by atoms with Gasteiger partial charge in [0.25, 0.3) is 0 Å². The van der Waals surface area contributed by atoms with Gasteiger partial charge in [0.2, 0.25) is 11.8 Å². The molecule has 3 atom stereocenters. The van der Waals surface area contributed by atoms with E-state index in [1.165, 1.54) is 7.11 Å². The lowest BCUT2D eigenvalue weighted by atomic mass is 9.81. The maximum Gasteiger partial charge on any atom is 0.328 e. The van der Waals surface area contributed by atoms with Crippen LogP contribution in [-0.4, -0.2) is 48.2 Å². The molecule has 1 aliphatic heterocycles. The van der Waals surface area contributed by atoms with Crippen molar-refractivity contribution in [2.45, 2.75) is 52.5 Å². The first-order valence-corrected chi connectivity index (χ1v) is 11.8. The molecule has 0 unspecified atom stereocenters. The van der Waals surface area contributed by atoms with Crippen LogP contribution in [0.1, 0.15) is 56.9 Å². The van der Waals surface area contributed by atoms with E-state index in [0.717, 1.165) is 5.39 Å². The molecule has 0 radical (unpaired) electrons. The molecule has 0 spiro atoms. The van der Waals surface area contributed by atoms with Crippen molar-refractivity contribution >= 4 is 46.1 Å². The van der Waals surface area contributed by atoms with E-state index in [0.29, 0.717) is 35.6 Å². The van der Waals surface area contributed by atoms with Gasteiger partial charge in [0.05, 0.1) is 23.3 Å². The number of esters is 1. The number of amides is 2. The number of para-hydroxylation sites is 1. The molecule has 0 aliphatic carbocycles. The number of fused-ring (bicyclic) bond motifs is 1. The molecular formula is C25H32ClN3O5. The number of benzene rings is 1.